The molecule has 6 heteroatoms. The van der Waals surface area contributed by atoms with Crippen molar-refractivity contribution in [3.8, 4) is 18.2 Å². The Hall–Kier alpha value is -2.10. The summed E-state index contributed by atoms with van der Waals surface area (Å²) in [6.07, 6.45) is 2.18. The molecule has 4 atom stereocenters. The van der Waals surface area contributed by atoms with Gasteiger partial charge in [-0.1, -0.05) is 6.42 Å². The molecule has 1 saturated carbocycles. The van der Waals surface area contributed by atoms with Crippen LogP contribution in [0.25, 0.3) is 0 Å². The first-order chi connectivity index (χ1) is 9.53. The molecule has 6 nitrogen and oxygen atoms in total. The normalized spacial score (nSPS) is 44.4. The third-order valence-electron chi connectivity index (χ3n) is 5.09. The Labute approximate surface area is 117 Å². The van der Waals surface area contributed by atoms with E-state index in [0.717, 1.165) is 12.8 Å². The average molecular weight is 270 g/mol. The van der Waals surface area contributed by atoms with Gasteiger partial charge in [-0.3, -0.25) is 5.41 Å². The van der Waals surface area contributed by atoms with E-state index >= 15 is 0 Å². The number of hydrogen-bond donors (Lipinski definition) is 1. The maximum Gasteiger partial charge on any atom is 0.217 e. The largest absolute Gasteiger partial charge is 0.447 e. The van der Waals surface area contributed by atoms with Crippen LogP contribution in [0.2, 0.25) is 0 Å². The fourth-order valence-electron chi connectivity index (χ4n) is 4.13. The zero-order valence-corrected chi connectivity index (χ0v) is 11.1. The lowest BCUT2D eigenvalue weighted by Crippen LogP contribution is -2.75. The SMILES string of the molecule is C[C@H]1O[C@]23CCCC[C@@H]2C(C#N)(C#N)[C@@]1(C#N)C(=N)O3. The topological polar surface area (TPSA) is 114 Å². The van der Waals surface area contributed by atoms with Crippen LogP contribution < -0.4 is 0 Å². The van der Waals surface area contributed by atoms with E-state index in [2.05, 4.69) is 12.1 Å². The monoisotopic (exact) mass is 270 g/mol. The number of rotatable bonds is 0. The van der Waals surface area contributed by atoms with Crippen LogP contribution in [-0.2, 0) is 9.47 Å². The second-order valence-corrected chi connectivity index (χ2v) is 5.75. The predicted molar refractivity (Wildman–Crippen MR) is 65.8 cm³/mol. The summed E-state index contributed by atoms with van der Waals surface area (Å²) in [5, 5.41) is 37.1. The summed E-state index contributed by atoms with van der Waals surface area (Å²) in [6, 6.07) is 6.13. The molecule has 0 aromatic rings. The highest BCUT2D eigenvalue weighted by Crippen LogP contribution is 2.65. The minimum Gasteiger partial charge on any atom is -0.447 e. The third-order valence-corrected chi connectivity index (χ3v) is 5.09. The zero-order chi connectivity index (χ0) is 14.6. The Kier molecular flexibility index (Phi) is 2.40. The first-order valence-corrected chi connectivity index (χ1v) is 6.72. The van der Waals surface area contributed by atoms with Crippen molar-refractivity contribution in [3.63, 3.8) is 0 Å². The minimum atomic E-state index is -1.64. The molecule has 0 amide bonds. The summed E-state index contributed by atoms with van der Waals surface area (Å²) < 4.78 is 11.5. The van der Waals surface area contributed by atoms with E-state index in [-0.39, 0.29) is 5.90 Å². The van der Waals surface area contributed by atoms with Crippen LogP contribution in [-0.4, -0.2) is 17.8 Å². The molecule has 4 aliphatic rings. The highest BCUT2D eigenvalue weighted by atomic mass is 16.7. The van der Waals surface area contributed by atoms with Crippen LogP contribution in [0.1, 0.15) is 32.6 Å². The highest BCUT2D eigenvalue weighted by Gasteiger charge is 2.79. The Bertz CT molecular complexity index is 596. The summed E-state index contributed by atoms with van der Waals surface area (Å²) in [7, 11) is 0. The predicted octanol–water partition coefficient (Wildman–Crippen LogP) is 1.84. The molecule has 4 fully saturated rings. The van der Waals surface area contributed by atoms with Gasteiger partial charge in [0.05, 0.1) is 30.2 Å². The van der Waals surface area contributed by atoms with Crippen LogP contribution in [0.5, 0.6) is 0 Å². The molecule has 4 rings (SSSR count). The fraction of sp³-hybridized carbons (Fsp3) is 0.714. The molecule has 102 valence electrons. The number of nitrogens with zero attached hydrogens (tertiary/aromatic N) is 3. The molecule has 3 heterocycles. The van der Waals surface area contributed by atoms with Crippen molar-refractivity contribution >= 4 is 5.90 Å². The highest BCUT2D eigenvalue weighted by molar-refractivity contribution is 5.88. The fourth-order valence-corrected chi connectivity index (χ4v) is 4.13. The lowest BCUT2D eigenvalue weighted by molar-refractivity contribution is -0.353. The van der Waals surface area contributed by atoms with Gasteiger partial charge >= 0.3 is 0 Å². The number of ether oxygens (including phenoxy) is 2. The summed E-state index contributed by atoms with van der Waals surface area (Å²) in [6.45, 7) is 1.65. The van der Waals surface area contributed by atoms with E-state index in [0.29, 0.717) is 12.8 Å². The number of nitriles is 3. The van der Waals surface area contributed by atoms with Gasteiger partial charge in [-0.15, -0.1) is 0 Å². The molecule has 1 N–H and O–H groups in total. The minimum absolute atomic E-state index is 0.292. The van der Waals surface area contributed by atoms with Gasteiger partial charge in [0.2, 0.25) is 11.7 Å². The molecule has 0 aromatic heterocycles. The van der Waals surface area contributed by atoms with Crippen LogP contribution in [0, 0.1) is 56.2 Å². The van der Waals surface area contributed by atoms with Gasteiger partial charge in [0.15, 0.2) is 10.8 Å². The van der Waals surface area contributed by atoms with E-state index in [1.165, 1.54) is 0 Å². The van der Waals surface area contributed by atoms with Crippen molar-refractivity contribution in [2.45, 2.75) is 44.5 Å². The maximum absolute atomic E-state index is 9.70. The number of fused-ring (bicyclic) bond motifs is 2. The smallest absolute Gasteiger partial charge is 0.217 e. The molecule has 3 aliphatic heterocycles. The van der Waals surface area contributed by atoms with E-state index in [1.54, 1.807) is 6.92 Å². The van der Waals surface area contributed by atoms with Crippen molar-refractivity contribution in [1.82, 2.24) is 0 Å². The van der Waals surface area contributed by atoms with Gasteiger partial charge in [0, 0.05) is 6.42 Å². The molecule has 1 aliphatic carbocycles. The third kappa shape index (κ3) is 1.05. The molecule has 0 unspecified atom stereocenters. The van der Waals surface area contributed by atoms with Crippen LogP contribution >= 0.6 is 0 Å². The lowest BCUT2D eigenvalue weighted by Gasteiger charge is -2.63. The van der Waals surface area contributed by atoms with Gasteiger partial charge in [-0.25, -0.2) is 0 Å². The van der Waals surface area contributed by atoms with Crippen molar-refractivity contribution in [2.24, 2.45) is 16.7 Å². The number of nitrogens with one attached hydrogen (secondary N) is 1. The lowest BCUT2D eigenvalue weighted by atomic mass is 9.49. The van der Waals surface area contributed by atoms with Gasteiger partial charge in [0.25, 0.3) is 0 Å². The van der Waals surface area contributed by atoms with Crippen molar-refractivity contribution in [2.75, 3.05) is 0 Å². The van der Waals surface area contributed by atoms with E-state index in [4.69, 9.17) is 14.9 Å². The van der Waals surface area contributed by atoms with Crippen LogP contribution in [0.4, 0.5) is 0 Å². The standard InChI is InChI=1S/C14H14N4O2/c1-9-13(8-17)11(18)20-14(19-9)5-3-2-4-10(14)12(13,6-15)7-16/h9-10,18H,2-5H2,1H3/t9-,10-,13-,14+/m1/s1. The second-order valence-electron chi connectivity index (χ2n) is 5.75. The van der Waals surface area contributed by atoms with Crippen molar-refractivity contribution in [3.05, 3.63) is 0 Å². The van der Waals surface area contributed by atoms with E-state index in [9.17, 15) is 15.8 Å². The molecule has 1 spiro atoms. The van der Waals surface area contributed by atoms with Crippen LogP contribution in [0.15, 0.2) is 0 Å². The quantitative estimate of drug-likeness (QED) is 0.721. The second kappa shape index (κ2) is 3.72. The molecular formula is C14H14N4O2. The molecule has 20 heavy (non-hydrogen) atoms. The van der Waals surface area contributed by atoms with Crippen molar-refractivity contribution in [1.29, 1.82) is 21.2 Å². The van der Waals surface area contributed by atoms with Crippen LogP contribution in [0.3, 0.4) is 0 Å². The van der Waals surface area contributed by atoms with Gasteiger partial charge < -0.3 is 9.47 Å². The van der Waals surface area contributed by atoms with Gasteiger partial charge in [-0.2, -0.15) is 15.8 Å². The Morgan fingerprint density at radius 1 is 1.20 bits per heavy atom. The Morgan fingerprint density at radius 2 is 1.90 bits per heavy atom. The Balaban J connectivity index is 2.31. The summed E-state index contributed by atoms with van der Waals surface area (Å²) in [5.74, 6) is -1.86. The molecular weight excluding hydrogens is 256 g/mol. The molecule has 2 bridgehead atoms. The van der Waals surface area contributed by atoms with E-state index < -0.39 is 28.6 Å². The molecule has 3 saturated heterocycles. The summed E-state index contributed by atoms with van der Waals surface area (Å²) in [5.41, 5.74) is -3.21. The average Bonchev–Trinajstić information content (AvgIpc) is 2.45. The summed E-state index contributed by atoms with van der Waals surface area (Å²) >= 11 is 0. The van der Waals surface area contributed by atoms with Gasteiger partial charge in [0.1, 0.15) is 0 Å². The first kappa shape index (κ1) is 12.9. The molecule has 0 radical (unpaired) electrons. The van der Waals surface area contributed by atoms with E-state index in [1.807, 2.05) is 6.07 Å². The van der Waals surface area contributed by atoms with Crippen molar-refractivity contribution < 1.29 is 9.47 Å². The summed E-state index contributed by atoms with van der Waals surface area (Å²) in [4.78, 5) is 0. The van der Waals surface area contributed by atoms with Gasteiger partial charge in [-0.05, 0) is 19.8 Å². The Morgan fingerprint density at radius 3 is 2.45 bits per heavy atom. The molecule has 0 aromatic carbocycles. The number of hydrogen-bond acceptors (Lipinski definition) is 6. The maximum atomic E-state index is 9.70. The first-order valence-electron chi connectivity index (χ1n) is 6.72. The zero-order valence-electron chi connectivity index (χ0n) is 11.1.